The first-order valence-electron chi connectivity index (χ1n) is 5.70. The number of halogens is 2. The highest BCUT2D eigenvalue weighted by molar-refractivity contribution is 9.10. The first-order valence-corrected chi connectivity index (χ1v) is 6.88. The lowest BCUT2D eigenvalue weighted by Gasteiger charge is -2.16. The number of carbonyl (C=O) groups is 1. The lowest BCUT2D eigenvalue weighted by atomic mass is 10.2. The summed E-state index contributed by atoms with van der Waals surface area (Å²) in [5.74, 6) is 0. The van der Waals surface area contributed by atoms with Gasteiger partial charge < -0.3 is 15.7 Å². The van der Waals surface area contributed by atoms with Crippen LogP contribution in [0.1, 0.15) is 19.8 Å². The van der Waals surface area contributed by atoms with Crippen molar-refractivity contribution in [2.24, 2.45) is 0 Å². The number of benzene rings is 1. The molecule has 0 saturated carbocycles. The van der Waals surface area contributed by atoms with E-state index in [2.05, 4.69) is 26.6 Å². The van der Waals surface area contributed by atoms with E-state index in [1.54, 1.807) is 18.2 Å². The number of hydrogen-bond donors (Lipinski definition) is 3. The normalized spacial score (nSPS) is 12.0. The van der Waals surface area contributed by atoms with Gasteiger partial charge in [-0.05, 0) is 40.9 Å². The van der Waals surface area contributed by atoms with Gasteiger partial charge >= 0.3 is 6.03 Å². The number of rotatable bonds is 5. The van der Waals surface area contributed by atoms with Crippen LogP contribution in [0.2, 0.25) is 5.02 Å². The van der Waals surface area contributed by atoms with E-state index in [-0.39, 0.29) is 18.7 Å². The van der Waals surface area contributed by atoms with E-state index < -0.39 is 0 Å². The zero-order valence-electron chi connectivity index (χ0n) is 10.0. The monoisotopic (exact) mass is 334 g/mol. The molecule has 4 nitrogen and oxygen atoms in total. The number of aliphatic hydroxyl groups is 1. The van der Waals surface area contributed by atoms with Crippen LogP contribution in [0.3, 0.4) is 0 Å². The first kappa shape index (κ1) is 15.3. The maximum atomic E-state index is 11.8. The molecule has 0 aliphatic heterocycles. The maximum absolute atomic E-state index is 11.8. The molecule has 1 aromatic rings. The van der Waals surface area contributed by atoms with Crippen molar-refractivity contribution in [2.75, 3.05) is 11.9 Å². The zero-order chi connectivity index (χ0) is 13.5. The van der Waals surface area contributed by atoms with Crippen molar-refractivity contribution in [3.63, 3.8) is 0 Å². The van der Waals surface area contributed by atoms with Crippen LogP contribution < -0.4 is 10.6 Å². The molecule has 0 radical (unpaired) electrons. The first-order chi connectivity index (χ1) is 8.58. The third-order valence-electron chi connectivity index (χ3n) is 2.51. The summed E-state index contributed by atoms with van der Waals surface area (Å²) in [5, 5.41) is 14.9. The Morgan fingerprint density at radius 2 is 2.28 bits per heavy atom. The van der Waals surface area contributed by atoms with Crippen molar-refractivity contribution in [3.05, 3.63) is 27.7 Å². The second-order valence-corrected chi connectivity index (χ2v) is 5.02. The summed E-state index contributed by atoms with van der Waals surface area (Å²) in [4.78, 5) is 11.8. The van der Waals surface area contributed by atoms with Gasteiger partial charge in [0.15, 0.2) is 0 Å². The van der Waals surface area contributed by atoms with Gasteiger partial charge in [-0.1, -0.05) is 24.6 Å². The molecular weight excluding hydrogens is 320 g/mol. The van der Waals surface area contributed by atoms with E-state index in [9.17, 15) is 4.79 Å². The Morgan fingerprint density at radius 1 is 1.56 bits per heavy atom. The summed E-state index contributed by atoms with van der Waals surface area (Å²) in [7, 11) is 0. The van der Waals surface area contributed by atoms with E-state index in [1.165, 1.54) is 0 Å². The van der Waals surface area contributed by atoms with Crippen LogP contribution in [0.25, 0.3) is 0 Å². The molecule has 1 aromatic carbocycles. The Hall–Kier alpha value is -0.780. The highest BCUT2D eigenvalue weighted by Gasteiger charge is 2.11. The molecule has 1 atom stereocenters. The SMILES string of the molecule is CCC(CCO)NC(=O)Nc1cccc(Cl)c1Br. The standard InChI is InChI=1S/C12H16BrClN2O2/c1-2-8(6-7-17)15-12(18)16-10-5-3-4-9(14)11(10)13/h3-5,8,17H,2,6-7H2,1H3,(H2,15,16,18). The minimum atomic E-state index is -0.307. The molecule has 0 spiro atoms. The third kappa shape index (κ3) is 4.48. The average Bonchev–Trinajstić information content (AvgIpc) is 2.34. The van der Waals surface area contributed by atoms with Crippen LogP contribution >= 0.6 is 27.5 Å². The lowest BCUT2D eigenvalue weighted by Crippen LogP contribution is -2.38. The van der Waals surface area contributed by atoms with Crippen LogP contribution in [0.5, 0.6) is 0 Å². The molecule has 0 aromatic heterocycles. The minimum Gasteiger partial charge on any atom is -0.396 e. The van der Waals surface area contributed by atoms with Gasteiger partial charge in [0.05, 0.1) is 15.2 Å². The zero-order valence-corrected chi connectivity index (χ0v) is 12.4. The number of carbonyl (C=O) groups excluding carboxylic acids is 1. The molecule has 2 amide bonds. The van der Waals surface area contributed by atoms with Crippen molar-refractivity contribution < 1.29 is 9.90 Å². The number of amides is 2. The number of urea groups is 1. The van der Waals surface area contributed by atoms with Crippen LogP contribution in [0.4, 0.5) is 10.5 Å². The van der Waals surface area contributed by atoms with Crippen molar-refractivity contribution in [1.29, 1.82) is 0 Å². The van der Waals surface area contributed by atoms with Gasteiger partial charge in [0.1, 0.15) is 0 Å². The van der Waals surface area contributed by atoms with E-state index >= 15 is 0 Å². The van der Waals surface area contributed by atoms with Gasteiger partial charge in [-0.3, -0.25) is 0 Å². The van der Waals surface area contributed by atoms with Crippen LogP contribution in [0, 0.1) is 0 Å². The van der Waals surface area contributed by atoms with Crippen LogP contribution in [-0.4, -0.2) is 23.8 Å². The Bertz CT molecular complexity index is 415. The Balaban J connectivity index is 2.61. The van der Waals surface area contributed by atoms with E-state index in [4.69, 9.17) is 16.7 Å². The van der Waals surface area contributed by atoms with Gasteiger partial charge in [-0.2, -0.15) is 0 Å². The number of hydrogen-bond acceptors (Lipinski definition) is 2. The smallest absolute Gasteiger partial charge is 0.319 e. The predicted octanol–water partition coefficient (Wildman–Crippen LogP) is 3.39. The fourth-order valence-corrected chi connectivity index (χ4v) is 2.02. The van der Waals surface area contributed by atoms with Gasteiger partial charge in [0.2, 0.25) is 0 Å². The van der Waals surface area contributed by atoms with Crippen LogP contribution in [-0.2, 0) is 0 Å². The second-order valence-electron chi connectivity index (χ2n) is 3.82. The molecule has 0 heterocycles. The summed E-state index contributed by atoms with van der Waals surface area (Å²) < 4.78 is 0.650. The van der Waals surface area contributed by atoms with Gasteiger partial charge in [-0.15, -0.1) is 0 Å². The minimum absolute atomic E-state index is 0.0343. The quantitative estimate of drug-likeness (QED) is 0.772. The van der Waals surface area contributed by atoms with Crippen molar-refractivity contribution in [3.8, 4) is 0 Å². The Labute approximate surface area is 120 Å². The maximum Gasteiger partial charge on any atom is 0.319 e. The van der Waals surface area contributed by atoms with Crippen molar-refractivity contribution in [2.45, 2.75) is 25.8 Å². The molecule has 0 aliphatic rings. The van der Waals surface area contributed by atoms with Gasteiger partial charge in [0.25, 0.3) is 0 Å². The lowest BCUT2D eigenvalue weighted by molar-refractivity contribution is 0.237. The third-order valence-corrected chi connectivity index (χ3v) is 3.90. The van der Waals surface area contributed by atoms with Crippen LogP contribution in [0.15, 0.2) is 22.7 Å². The van der Waals surface area contributed by atoms with E-state index in [0.29, 0.717) is 21.6 Å². The fourth-order valence-electron chi connectivity index (χ4n) is 1.48. The summed E-state index contributed by atoms with van der Waals surface area (Å²) in [6, 6.07) is 4.90. The number of aliphatic hydroxyl groups excluding tert-OH is 1. The number of nitrogens with one attached hydrogen (secondary N) is 2. The Morgan fingerprint density at radius 3 is 2.89 bits per heavy atom. The summed E-state index contributed by atoms with van der Waals surface area (Å²) in [5.41, 5.74) is 0.610. The Kier molecular flexibility index (Phi) is 6.46. The largest absolute Gasteiger partial charge is 0.396 e. The highest BCUT2D eigenvalue weighted by atomic mass is 79.9. The fraction of sp³-hybridized carbons (Fsp3) is 0.417. The molecular formula is C12H16BrClN2O2. The van der Waals surface area contributed by atoms with Crippen molar-refractivity contribution in [1.82, 2.24) is 5.32 Å². The molecule has 0 bridgehead atoms. The summed E-state index contributed by atoms with van der Waals surface area (Å²) in [6.07, 6.45) is 1.31. The second kappa shape index (κ2) is 7.61. The predicted molar refractivity (Wildman–Crippen MR) is 77.1 cm³/mol. The molecule has 1 unspecified atom stereocenters. The molecule has 100 valence electrons. The topological polar surface area (TPSA) is 61.4 Å². The molecule has 3 N–H and O–H groups in total. The van der Waals surface area contributed by atoms with Gasteiger partial charge in [0, 0.05) is 12.6 Å². The molecule has 1 rings (SSSR count). The molecule has 6 heteroatoms. The average molecular weight is 336 g/mol. The summed E-state index contributed by atoms with van der Waals surface area (Å²) >= 11 is 9.24. The molecule has 0 fully saturated rings. The van der Waals surface area contributed by atoms with Crippen molar-refractivity contribution >= 4 is 39.2 Å². The van der Waals surface area contributed by atoms with E-state index in [0.717, 1.165) is 6.42 Å². The van der Waals surface area contributed by atoms with E-state index in [1.807, 2.05) is 6.92 Å². The molecule has 0 aliphatic carbocycles. The summed E-state index contributed by atoms with van der Waals surface area (Å²) in [6.45, 7) is 2.01. The van der Waals surface area contributed by atoms with Gasteiger partial charge in [-0.25, -0.2) is 4.79 Å². The molecule has 0 saturated heterocycles. The number of anilines is 1. The molecule has 18 heavy (non-hydrogen) atoms. The highest BCUT2D eigenvalue weighted by Crippen LogP contribution is 2.29.